The average molecular weight is 288 g/mol. The lowest BCUT2D eigenvalue weighted by atomic mass is 10.1. The van der Waals surface area contributed by atoms with Crippen molar-refractivity contribution in [1.29, 1.82) is 0 Å². The van der Waals surface area contributed by atoms with Crippen molar-refractivity contribution in [3.8, 4) is 0 Å². The van der Waals surface area contributed by atoms with Crippen molar-refractivity contribution in [3.05, 3.63) is 34.9 Å². The summed E-state index contributed by atoms with van der Waals surface area (Å²) >= 11 is 7.78. The van der Waals surface area contributed by atoms with Gasteiger partial charge in [-0.2, -0.15) is 11.8 Å². The molecule has 2 nitrogen and oxygen atoms in total. The number of hydrogen-bond donors (Lipinski definition) is 2. The molecular weight excluding hydrogens is 266 g/mol. The summed E-state index contributed by atoms with van der Waals surface area (Å²) < 4.78 is 0. The zero-order valence-corrected chi connectivity index (χ0v) is 12.8. The molecule has 1 rings (SSSR count). The highest BCUT2D eigenvalue weighted by Crippen LogP contribution is 2.21. The van der Waals surface area contributed by atoms with Gasteiger partial charge in [-0.15, -0.1) is 0 Å². The Morgan fingerprint density at radius 3 is 2.61 bits per heavy atom. The fourth-order valence-corrected chi connectivity index (χ4v) is 2.66. The molecule has 0 saturated heterocycles. The Morgan fingerprint density at radius 2 is 2.00 bits per heavy atom. The standard InChI is InChI=1S/C14H22ClNOS/c1-14(2,3)16-8-12(17)10-18-9-11-6-4-5-7-13(11)15/h4-7,12,16-17H,8-10H2,1-3H3. The Balaban J connectivity index is 2.24. The second kappa shape index (κ2) is 7.39. The van der Waals surface area contributed by atoms with Crippen LogP contribution in [0.4, 0.5) is 0 Å². The molecule has 0 heterocycles. The summed E-state index contributed by atoms with van der Waals surface area (Å²) in [6, 6.07) is 7.84. The maximum absolute atomic E-state index is 9.84. The van der Waals surface area contributed by atoms with Gasteiger partial charge in [-0.05, 0) is 32.4 Å². The van der Waals surface area contributed by atoms with E-state index >= 15 is 0 Å². The second-order valence-electron chi connectivity index (χ2n) is 5.39. The Morgan fingerprint density at radius 1 is 1.33 bits per heavy atom. The van der Waals surface area contributed by atoms with Gasteiger partial charge in [-0.1, -0.05) is 29.8 Å². The van der Waals surface area contributed by atoms with Crippen molar-refractivity contribution < 1.29 is 5.11 Å². The molecule has 0 radical (unpaired) electrons. The molecule has 0 spiro atoms. The zero-order chi connectivity index (χ0) is 13.6. The predicted molar refractivity (Wildman–Crippen MR) is 81.4 cm³/mol. The van der Waals surface area contributed by atoms with Crippen LogP contribution in [0.3, 0.4) is 0 Å². The molecule has 0 aromatic heterocycles. The highest BCUT2D eigenvalue weighted by atomic mass is 35.5. The molecule has 102 valence electrons. The molecule has 0 aliphatic carbocycles. The van der Waals surface area contributed by atoms with Crippen LogP contribution in [-0.4, -0.2) is 29.0 Å². The smallest absolute Gasteiger partial charge is 0.0755 e. The Bertz CT molecular complexity index is 365. The van der Waals surface area contributed by atoms with Crippen LogP contribution in [0.15, 0.2) is 24.3 Å². The number of aliphatic hydroxyl groups excluding tert-OH is 1. The van der Waals surface area contributed by atoms with Gasteiger partial charge in [0, 0.05) is 28.6 Å². The summed E-state index contributed by atoms with van der Waals surface area (Å²) in [5.74, 6) is 1.56. The van der Waals surface area contributed by atoms with E-state index in [-0.39, 0.29) is 11.6 Å². The lowest BCUT2D eigenvalue weighted by Gasteiger charge is -2.22. The third-order valence-corrected chi connectivity index (χ3v) is 3.90. The first-order valence-corrected chi connectivity index (χ1v) is 7.66. The molecule has 1 aromatic carbocycles. The van der Waals surface area contributed by atoms with Crippen LogP contribution < -0.4 is 5.32 Å². The summed E-state index contributed by atoms with van der Waals surface area (Å²) in [4.78, 5) is 0. The Labute approximate surface area is 119 Å². The fraction of sp³-hybridized carbons (Fsp3) is 0.571. The Hall–Kier alpha value is -0.220. The van der Waals surface area contributed by atoms with E-state index in [0.717, 1.165) is 16.3 Å². The van der Waals surface area contributed by atoms with E-state index in [0.29, 0.717) is 12.3 Å². The van der Waals surface area contributed by atoms with Gasteiger partial charge in [0.25, 0.3) is 0 Å². The molecule has 0 bridgehead atoms. The van der Waals surface area contributed by atoms with Gasteiger partial charge in [0.15, 0.2) is 0 Å². The number of hydrogen-bond acceptors (Lipinski definition) is 3. The van der Waals surface area contributed by atoms with Gasteiger partial charge in [0.1, 0.15) is 0 Å². The summed E-state index contributed by atoms with van der Waals surface area (Å²) in [6.07, 6.45) is -0.322. The lowest BCUT2D eigenvalue weighted by molar-refractivity contribution is 0.183. The van der Waals surface area contributed by atoms with E-state index < -0.39 is 0 Å². The van der Waals surface area contributed by atoms with Crippen LogP contribution in [-0.2, 0) is 5.75 Å². The molecule has 2 N–H and O–H groups in total. The van der Waals surface area contributed by atoms with E-state index in [1.165, 1.54) is 0 Å². The van der Waals surface area contributed by atoms with E-state index in [9.17, 15) is 5.11 Å². The van der Waals surface area contributed by atoms with E-state index in [1.54, 1.807) is 11.8 Å². The minimum absolute atomic E-state index is 0.0500. The van der Waals surface area contributed by atoms with Crippen LogP contribution in [0.1, 0.15) is 26.3 Å². The van der Waals surface area contributed by atoms with Crippen molar-refractivity contribution >= 4 is 23.4 Å². The topological polar surface area (TPSA) is 32.3 Å². The third-order valence-electron chi connectivity index (χ3n) is 2.39. The van der Waals surface area contributed by atoms with Crippen molar-refractivity contribution in [3.63, 3.8) is 0 Å². The molecule has 0 aliphatic rings. The van der Waals surface area contributed by atoms with Gasteiger partial charge < -0.3 is 10.4 Å². The van der Waals surface area contributed by atoms with Gasteiger partial charge in [0.2, 0.25) is 0 Å². The summed E-state index contributed by atoms with van der Waals surface area (Å²) in [7, 11) is 0. The minimum Gasteiger partial charge on any atom is -0.391 e. The highest BCUT2D eigenvalue weighted by molar-refractivity contribution is 7.98. The molecule has 18 heavy (non-hydrogen) atoms. The molecular formula is C14H22ClNOS. The number of β-amino-alcohol motifs (C(OH)–C–C–N with tert-alkyl or cyclic N) is 1. The first-order valence-electron chi connectivity index (χ1n) is 6.13. The molecule has 0 amide bonds. The van der Waals surface area contributed by atoms with Crippen molar-refractivity contribution in [2.45, 2.75) is 38.2 Å². The first-order chi connectivity index (χ1) is 8.38. The van der Waals surface area contributed by atoms with Crippen LogP contribution >= 0.6 is 23.4 Å². The average Bonchev–Trinajstić information content (AvgIpc) is 2.28. The van der Waals surface area contributed by atoms with Crippen LogP contribution in [0.25, 0.3) is 0 Å². The van der Waals surface area contributed by atoms with Crippen molar-refractivity contribution in [1.82, 2.24) is 5.32 Å². The summed E-state index contributed by atoms with van der Waals surface area (Å²) in [5.41, 5.74) is 1.18. The number of rotatable bonds is 6. The lowest BCUT2D eigenvalue weighted by Crippen LogP contribution is -2.41. The first kappa shape index (κ1) is 15.8. The van der Waals surface area contributed by atoms with Gasteiger partial charge in [-0.25, -0.2) is 0 Å². The largest absolute Gasteiger partial charge is 0.391 e. The molecule has 0 aliphatic heterocycles. The molecule has 1 atom stereocenters. The monoisotopic (exact) mass is 287 g/mol. The van der Waals surface area contributed by atoms with E-state index in [4.69, 9.17) is 11.6 Å². The number of thioether (sulfide) groups is 1. The molecule has 1 aromatic rings. The van der Waals surface area contributed by atoms with Gasteiger partial charge in [0.05, 0.1) is 6.10 Å². The number of aliphatic hydroxyl groups is 1. The van der Waals surface area contributed by atoms with E-state index in [2.05, 4.69) is 26.1 Å². The predicted octanol–water partition coefficient (Wildman–Crippen LogP) is 3.32. The molecule has 0 fully saturated rings. The van der Waals surface area contributed by atoms with Crippen molar-refractivity contribution in [2.24, 2.45) is 0 Å². The fourth-order valence-electron chi connectivity index (χ4n) is 1.40. The van der Waals surface area contributed by atoms with Gasteiger partial charge >= 0.3 is 0 Å². The van der Waals surface area contributed by atoms with Crippen LogP contribution in [0, 0.1) is 0 Å². The quantitative estimate of drug-likeness (QED) is 0.842. The summed E-state index contributed by atoms with van der Waals surface area (Å²) in [5, 5.41) is 13.9. The van der Waals surface area contributed by atoms with Crippen molar-refractivity contribution in [2.75, 3.05) is 12.3 Å². The number of nitrogens with one attached hydrogen (secondary N) is 1. The normalized spacial score (nSPS) is 13.6. The maximum atomic E-state index is 9.84. The number of halogens is 1. The van der Waals surface area contributed by atoms with Crippen LogP contribution in [0.5, 0.6) is 0 Å². The van der Waals surface area contributed by atoms with Gasteiger partial charge in [-0.3, -0.25) is 0 Å². The zero-order valence-electron chi connectivity index (χ0n) is 11.2. The third kappa shape index (κ3) is 6.64. The Kier molecular flexibility index (Phi) is 6.50. The minimum atomic E-state index is -0.322. The SMILES string of the molecule is CC(C)(C)NCC(O)CSCc1ccccc1Cl. The van der Waals surface area contributed by atoms with Crippen LogP contribution in [0.2, 0.25) is 5.02 Å². The maximum Gasteiger partial charge on any atom is 0.0755 e. The summed E-state index contributed by atoms with van der Waals surface area (Å²) in [6.45, 7) is 6.91. The molecule has 1 unspecified atom stereocenters. The highest BCUT2D eigenvalue weighted by Gasteiger charge is 2.12. The van der Waals surface area contributed by atoms with E-state index in [1.807, 2.05) is 24.3 Å². The molecule has 4 heteroatoms. The molecule has 0 saturated carbocycles. The number of benzene rings is 1. The second-order valence-corrected chi connectivity index (χ2v) is 6.83.